The minimum Gasteiger partial charge on any atom is -0.385 e. The lowest BCUT2D eigenvalue weighted by atomic mass is 9.83. The third kappa shape index (κ3) is 6.77. The van der Waals surface area contributed by atoms with E-state index in [9.17, 15) is 0 Å². The molecule has 0 aromatic heterocycles. The maximum absolute atomic E-state index is 5.32. The Balaban J connectivity index is 0.00000312. The normalized spacial score (nSPS) is 16.4. The highest BCUT2D eigenvalue weighted by molar-refractivity contribution is 14.0. The molecule has 1 aromatic rings. The summed E-state index contributed by atoms with van der Waals surface area (Å²) < 4.78 is 5.32. The highest BCUT2D eigenvalue weighted by atomic mass is 127. The Hall–Kier alpha value is -0.820. The molecule has 0 spiro atoms. The SMILES string of the molecule is CCc1ccccc1CNC(=NC)NCC1(CCOC)CCCC1.I. The van der Waals surface area contributed by atoms with Crippen LogP contribution in [0.1, 0.15) is 50.2 Å². The van der Waals surface area contributed by atoms with Crippen LogP contribution in [-0.2, 0) is 17.7 Å². The third-order valence-electron chi connectivity index (χ3n) is 5.30. The number of aliphatic imine (C=N–C) groups is 1. The van der Waals surface area contributed by atoms with Gasteiger partial charge >= 0.3 is 0 Å². The summed E-state index contributed by atoms with van der Waals surface area (Å²) in [6, 6.07) is 8.60. The number of guanidine groups is 1. The number of nitrogens with zero attached hydrogens (tertiary/aromatic N) is 1. The number of halogens is 1. The molecule has 0 amide bonds. The summed E-state index contributed by atoms with van der Waals surface area (Å²) in [4.78, 5) is 4.39. The zero-order chi connectivity index (χ0) is 17.3. The second-order valence-electron chi connectivity index (χ2n) is 6.85. The molecule has 5 heteroatoms. The van der Waals surface area contributed by atoms with E-state index >= 15 is 0 Å². The van der Waals surface area contributed by atoms with Crippen LogP contribution >= 0.6 is 24.0 Å². The van der Waals surface area contributed by atoms with E-state index in [0.29, 0.717) is 5.41 Å². The van der Waals surface area contributed by atoms with Crippen LogP contribution in [0.25, 0.3) is 0 Å². The van der Waals surface area contributed by atoms with E-state index in [1.807, 2.05) is 7.05 Å². The van der Waals surface area contributed by atoms with E-state index in [2.05, 4.69) is 46.8 Å². The van der Waals surface area contributed by atoms with Crippen molar-refractivity contribution in [2.45, 2.75) is 52.0 Å². The fourth-order valence-electron chi connectivity index (χ4n) is 3.70. The first kappa shape index (κ1) is 22.2. The minimum atomic E-state index is 0. The van der Waals surface area contributed by atoms with Crippen molar-refractivity contribution < 1.29 is 4.74 Å². The Morgan fingerprint density at radius 2 is 1.84 bits per heavy atom. The Morgan fingerprint density at radius 3 is 2.44 bits per heavy atom. The second kappa shape index (κ2) is 11.7. The van der Waals surface area contributed by atoms with Crippen molar-refractivity contribution in [3.05, 3.63) is 35.4 Å². The van der Waals surface area contributed by atoms with Crippen molar-refractivity contribution in [1.82, 2.24) is 10.6 Å². The number of aryl methyl sites for hydroxylation is 1. The Bertz CT molecular complexity index is 527. The molecule has 1 saturated carbocycles. The highest BCUT2D eigenvalue weighted by Crippen LogP contribution is 2.40. The Kier molecular flexibility index (Phi) is 10.4. The third-order valence-corrected chi connectivity index (χ3v) is 5.30. The van der Waals surface area contributed by atoms with Gasteiger partial charge in [-0.15, -0.1) is 24.0 Å². The molecule has 2 N–H and O–H groups in total. The van der Waals surface area contributed by atoms with Crippen LogP contribution in [0.4, 0.5) is 0 Å². The first-order valence-electron chi connectivity index (χ1n) is 9.23. The molecule has 0 unspecified atom stereocenters. The average molecular weight is 459 g/mol. The number of hydrogen-bond acceptors (Lipinski definition) is 2. The summed E-state index contributed by atoms with van der Waals surface area (Å²) in [7, 11) is 3.64. The van der Waals surface area contributed by atoms with Crippen LogP contribution in [0.2, 0.25) is 0 Å². The van der Waals surface area contributed by atoms with E-state index < -0.39 is 0 Å². The van der Waals surface area contributed by atoms with Crippen LogP contribution < -0.4 is 10.6 Å². The summed E-state index contributed by atoms with van der Waals surface area (Å²) in [6.07, 6.45) is 7.44. The fraction of sp³-hybridized carbons (Fsp3) is 0.650. The van der Waals surface area contributed by atoms with Gasteiger partial charge in [0.05, 0.1) is 0 Å². The van der Waals surface area contributed by atoms with Gasteiger partial charge in [-0.2, -0.15) is 0 Å². The smallest absolute Gasteiger partial charge is 0.191 e. The molecule has 0 bridgehead atoms. The molecule has 2 rings (SSSR count). The molecule has 0 atom stereocenters. The monoisotopic (exact) mass is 459 g/mol. The van der Waals surface area contributed by atoms with Gasteiger partial charge in [-0.1, -0.05) is 44.0 Å². The van der Waals surface area contributed by atoms with Crippen molar-refractivity contribution in [2.24, 2.45) is 10.4 Å². The molecule has 1 aromatic carbocycles. The standard InChI is InChI=1S/C20H33N3O.HI/c1-4-17-9-5-6-10-18(17)15-22-19(21-2)23-16-20(13-14-24-3)11-7-8-12-20;/h5-6,9-10H,4,7-8,11-16H2,1-3H3,(H2,21,22,23);1H. The van der Waals surface area contributed by atoms with Crippen molar-refractivity contribution in [2.75, 3.05) is 27.3 Å². The molecular weight excluding hydrogens is 425 g/mol. The molecule has 1 aliphatic rings. The van der Waals surface area contributed by atoms with E-state index in [0.717, 1.165) is 38.5 Å². The zero-order valence-electron chi connectivity index (χ0n) is 15.9. The van der Waals surface area contributed by atoms with E-state index in [-0.39, 0.29) is 24.0 Å². The van der Waals surface area contributed by atoms with Crippen LogP contribution in [-0.4, -0.2) is 33.3 Å². The van der Waals surface area contributed by atoms with Crippen LogP contribution in [0, 0.1) is 5.41 Å². The molecular formula is C20H34IN3O. The molecule has 25 heavy (non-hydrogen) atoms. The lowest BCUT2D eigenvalue weighted by Crippen LogP contribution is -2.43. The molecule has 0 saturated heterocycles. The van der Waals surface area contributed by atoms with Gasteiger partial charge in [0.2, 0.25) is 0 Å². The number of benzene rings is 1. The van der Waals surface area contributed by atoms with Gasteiger partial charge in [-0.05, 0) is 42.2 Å². The van der Waals surface area contributed by atoms with Gasteiger partial charge in [-0.25, -0.2) is 0 Å². The Labute approximate surface area is 170 Å². The molecule has 1 fully saturated rings. The first-order chi connectivity index (χ1) is 11.7. The van der Waals surface area contributed by atoms with Crippen molar-refractivity contribution in [3.63, 3.8) is 0 Å². The summed E-state index contributed by atoms with van der Waals surface area (Å²) >= 11 is 0. The highest BCUT2D eigenvalue weighted by Gasteiger charge is 2.33. The Morgan fingerprint density at radius 1 is 1.16 bits per heavy atom. The topological polar surface area (TPSA) is 45.7 Å². The summed E-state index contributed by atoms with van der Waals surface area (Å²) in [5, 5.41) is 7.02. The van der Waals surface area contributed by atoms with E-state index in [4.69, 9.17) is 4.74 Å². The molecule has 1 aliphatic carbocycles. The summed E-state index contributed by atoms with van der Waals surface area (Å²) in [5.74, 6) is 0.893. The van der Waals surface area contributed by atoms with Gasteiger partial charge in [0.1, 0.15) is 0 Å². The predicted octanol–water partition coefficient (Wildman–Crippen LogP) is 4.13. The summed E-state index contributed by atoms with van der Waals surface area (Å²) in [5.41, 5.74) is 3.11. The average Bonchev–Trinajstić information content (AvgIpc) is 3.09. The maximum atomic E-state index is 5.32. The van der Waals surface area contributed by atoms with Crippen LogP contribution in [0.15, 0.2) is 29.3 Å². The predicted molar refractivity (Wildman–Crippen MR) is 117 cm³/mol. The minimum absolute atomic E-state index is 0. The lowest BCUT2D eigenvalue weighted by molar-refractivity contribution is 0.138. The van der Waals surface area contributed by atoms with Gasteiger partial charge in [0.25, 0.3) is 0 Å². The fourth-order valence-corrected chi connectivity index (χ4v) is 3.70. The largest absolute Gasteiger partial charge is 0.385 e. The zero-order valence-corrected chi connectivity index (χ0v) is 18.3. The van der Waals surface area contributed by atoms with Gasteiger partial charge in [-0.3, -0.25) is 4.99 Å². The quantitative estimate of drug-likeness (QED) is 0.349. The van der Waals surface area contributed by atoms with Gasteiger partial charge < -0.3 is 15.4 Å². The number of rotatable bonds is 8. The first-order valence-corrected chi connectivity index (χ1v) is 9.23. The van der Waals surface area contributed by atoms with E-state index in [1.165, 1.54) is 36.8 Å². The van der Waals surface area contributed by atoms with E-state index in [1.54, 1.807) is 7.11 Å². The van der Waals surface area contributed by atoms with Crippen molar-refractivity contribution in [1.29, 1.82) is 0 Å². The molecule has 0 aliphatic heterocycles. The second-order valence-corrected chi connectivity index (χ2v) is 6.85. The van der Waals surface area contributed by atoms with Crippen molar-refractivity contribution in [3.8, 4) is 0 Å². The molecule has 142 valence electrons. The maximum Gasteiger partial charge on any atom is 0.191 e. The molecule has 4 nitrogen and oxygen atoms in total. The number of nitrogens with one attached hydrogen (secondary N) is 2. The van der Waals surface area contributed by atoms with Gasteiger partial charge in [0.15, 0.2) is 5.96 Å². The van der Waals surface area contributed by atoms with Crippen LogP contribution in [0.5, 0.6) is 0 Å². The molecule has 0 heterocycles. The number of ether oxygens (including phenoxy) is 1. The number of methoxy groups -OCH3 is 1. The van der Waals surface area contributed by atoms with Gasteiger partial charge in [0, 0.05) is 33.9 Å². The summed E-state index contributed by atoms with van der Waals surface area (Å²) in [6.45, 7) is 4.84. The van der Waals surface area contributed by atoms with Crippen LogP contribution in [0.3, 0.4) is 0 Å². The van der Waals surface area contributed by atoms with Crippen molar-refractivity contribution >= 4 is 29.9 Å². The lowest BCUT2D eigenvalue weighted by Gasteiger charge is -2.30. The molecule has 0 radical (unpaired) electrons. The number of hydrogen-bond donors (Lipinski definition) is 2.